The molecule has 0 unspecified atom stereocenters. The molecule has 1 saturated carbocycles. The van der Waals surface area contributed by atoms with Gasteiger partial charge in [0, 0.05) is 36.9 Å². The Morgan fingerprint density at radius 1 is 1.03 bits per heavy atom. The van der Waals surface area contributed by atoms with Gasteiger partial charge >= 0.3 is 0 Å². The Labute approximate surface area is 237 Å². The van der Waals surface area contributed by atoms with Gasteiger partial charge in [0.1, 0.15) is 12.4 Å². The summed E-state index contributed by atoms with van der Waals surface area (Å²) in [4.78, 5) is 15.6. The lowest BCUT2D eigenvalue weighted by Gasteiger charge is -2.41. The third kappa shape index (κ3) is 6.72. The molecule has 7 nitrogen and oxygen atoms in total. The van der Waals surface area contributed by atoms with Crippen LogP contribution in [-0.2, 0) is 27.8 Å². The summed E-state index contributed by atoms with van der Waals surface area (Å²) in [6.45, 7) is 5.15. The van der Waals surface area contributed by atoms with Crippen LogP contribution in [0.3, 0.4) is 0 Å². The molecule has 0 saturated heterocycles. The zero-order chi connectivity index (χ0) is 27.4. The van der Waals surface area contributed by atoms with Crippen molar-refractivity contribution in [3.05, 3.63) is 58.1 Å². The molecule has 1 amide bonds. The first-order valence-electron chi connectivity index (χ1n) is 14.3. The summed E-state index contributed by atoms with van der Waals surface area (Å²) in [6.07, 6.45) is 6.76. The number of carbonyl (C=O) groups excluding carboxylic acids is 1. The van der Waals surface area contributed by atoms with Crippen LogP contribution in [0.5, 0.6) is 5.75 Å². The third-order valence-corrected chi connectivity index (χ3v) is 10.7. The van der Waals surface area contributed by atoms with Gasteiger partial charge < -0.3 is 14.4 Å². The van der Waals surface area contributed by atoms with Crippen LogP contribution in [0, 0.1) is 11.8 Å². The number of carbonyl (C=O) groups is 1. The van der Waals surface area contributed by atoms with Crippen molar-refractivity contribution in [3.8, 4) is 5.75 Å². The first-order chi connectivity index (χ1) is 18.8. The number of hydrogen-bond donors (Lipinski definition) is 1. The largest absolute Gasteiger partial charge is 0.487 e. The number of anilines is 1. The highest BCUT2D eigenvalue weighted by Gasteiger charge is 2.34. The lowest BCUT2D eigenvalue weighted by atomic mass is 9.73. The highest BCUT2D eigenvalue weighted by Crippen LogP contribution is 2.39. The molecule has 0 spiro atoms. The van der Waals surface area contributed by atoms with E-state index in [-0.39, 0.29) is 0 Å². The standard InChI is InChI=1S/C30H39ClN2O5S/c1-2-27-7-5-15-37-19-24-9-8-23(24)18-33-14-4-3-6-21-16-26(31)12-10-25(21)20-38-29-13-11-22(17-28(29)33)30(34)32-39(27,35)36/h10-13,16-17,23-24,27H,2-9,14-15,18-20H2,1H3,(H,32,34)/t23-,24-,27-/m0/s1. The summed E-state index contributed by atoms with van der Waals surface area (Å²) in [5.74, 6) is 1.09. The first-order valence-corrected chi connectivity index (χ1v) is 16.2. The van der Waals surface area contributed by atoms with Crippen LogP contribution in [0.4, 0.5) is 5.69 Å². The molecule has 2 aliphatic heterocycles. The molecule has 2 aromatic rings. The molecule has 2 aromatic carbocycles. The van der Waals surface area contributed by atoms with E-state index in [1.54, 1.807) is 18.2 Å². The molecule has 0 radical (unpaired) electrons. The van der Waals surface area contributed by atoms with Crippen LogP contribution in [0.25, 0.3) is 0 Å². The number of ether oxygens (including phenoxy) is 2. The molecule has 2 heterocycles. The van der Waals surface area contributed by atoms with Gasteiger partial charge in [0.25, 0.3) is 5.91 Å². The van der Waals surface area contributed by atoms with E-state index in [9.17, 15) is 13.2 Å². The second-order valence-electron chi connectivity index (χ2n) is 11.1. The second-order valence-corrected chi connectivity index (χ2v) is 13.5. The molecule has 2 bridgehead atoms. The van der Waals surface area contributed by atoms with E-state index in [0.29, 0.717) is 62.2 Å². The average Bonchev–Trinajstić information content (AvgIpc) is 2.92. The van der Waals surface area contributed by atoms with Crippen molar-refractivity contribution in [3.63, 3.8) is 0 Å². The zero-order valence-electron chi connectivity index (χ0n) is 22.7. The molecule has 1 fully saturated rings. The number of fused-ring (bicyclic) bond motifs is 3. The Hall–Kier alpha value is -2.29. The average molecular weight is 575 g/mol. The molecule has 9 heteroatoms. The van der Waals surface area contributed by atoms with Crippen LogP contribution >= 0.6 is 11.6 Å². The van der Waals surface area contributed by atoms with Gasteiger partial charge in [0.05, 0.1) is 10.9 Å². The fourth-order valence-corrected chi connectivity index (χ4v) is 7.61. The molecule has 0 aromatic heterocycles. The Kier molecular flexibility index (Phi) is 9.04. The number of sulfonamides is 1. The molecule has 212 valence electrons. The number of nitrogens with one attached hydrogen (secondary N) is 1. The molecule has 3 atom stereocenters. The Bertz CT molecular complexity index is 1280. The molecule has 1 N–H and O–H groups in total. The van der Waals surface area contributed by atoms with Gasteiger partial charge in [0.15, 0.2) is 0 Å². The van der Waals surface area contributed by atoms with Crippen LogP contribution < -0.4 is 14.4 Å². The van der Waals surface area contributed by atoms with Gasteiger partial charge in [0.2, 0.25) is 10.0 Å². The minimum absolute atomic E-state index is 0.323. The van der Waals surface area contributed by atoms with Crippen molar-refractivity contribution < 1.29 is 22.7 Å². The third-order valence-electron chi connectivity index (χ3n) is 8.54. The van der Waals surface area contributed by atoms with E-state index in [2.05, 4.69) is 9.62 Å². The van der Waals surface area contributed by atoms with Crippen molar-refractivity contribution >= 4 is 33.2 Å². The topological polar surface area (TPSA) is 84.9 Å². The number of benzene rings is 2. The second kappa shape index (κ2) is 12.5. The van der Waals surface area contributed by atoms with Gasteiger partial charge in [-0.25, -0.2) is 13.1 Å². The molecule has 3 aliphatic rings. The maximum Gasteiger partial charge on any atom is 0.264 e. The van der Waals surface area contributed by atoms with E-state index in [4.69, 9.17) is 21.1 Å². The van der Waals surface area contributed by atoms with E-state index in [0.717, 1.165) is 61.5 Å². The summed E-state index contributed by atoms with van der Waals surface area (Å²) < 4.78 is 40.9. The highest BCUT2D eigenvalue weighted by molar-refractivity contribution is 7.90. The molecule has 5 rings (SSSR count). The summed E-state index contributed by atoms with van der Waals surface area (Å²) >= 11 is 6.30. The number of aryl methyl sites for hydroxylation is 1. The summed E-state index contributed by atoms with van der Waals surface area (Å²) in [7, 11) is -3.82. The van der Waals surface area contributed by atoms with E-state index in [1.165, 1.54) is 5.56 Å². The quantitative estimate of drug-likeness (QED) is 0.468. The van der Waals surface area contributed by atoms with Gasteiger partial charge in [-0.1, -0.05) is 24.6 Å². The number of hydrogen-bond acceptors (Lipinski definition) is 6. The van der Waals surface area contributed by atoms with Crippen molar-refractivity contribution in [2.75, 3.05) is 31.2 Å². The normalized spacial score (nSPS) is 26.1. The summed E-state index contributed by atoms with van der Waals surface area (Å²) in [6, 6.07) is 11.2. The van der Waals surface area contributed by atoms with Gasteiger partial charge in [-0.3, -0.25) is 4.79 Å². The van der Waals surface area contributed by atoms with Crippen LogP contribution in [0.15, 0.2) is 36.4 Å². The lowest BCUT2D eigenvalue weighted by molar-refractivity contribution is 0.0327. The van der Waals surface area contributed by atoms with Crippen molar-refractivity contribution in [2.45, 2.75) is 70.1 Å². The minimum Gasteiger partial charge on any atom is -0.487 e. The zero-order valence-corrected chi connectivity index (χ0v) is 24.2. The first kappa shape index (κ1) is 28.2. The number of nitrogens with zero attached hydrogens (tertiary/aromatic N) is 1. The van der Waals surface area contributed by atoms with Gasteiger partial charge in [-0.2, -0.15) is 0 Å². The Morgan fingerprint density at radius 3 is 2.67 bits per heavy atom. The lowest BCUT2D eigenvalue weighted by Crippen LogP contribution is -2.41. The molecular weight excluding hydrogens is 536 g/mol. The monoisotopic (exact) mass is 574 g/mol. The van der Waals surface area contributed by atoms with E-state index in [1.807, 2.05) is 25.1 Å². The Morgan fingerprint density at radius 2 is 1.87 bits per heavy atom. The predicted octanol–water partition coefficient (Wildman–Crippen LogP) is 5.74. The smallest absolute Gasteiger partial charge is 0.264 e. The van der Waals surface area contributed by atoms with Crippen molar-refractivity contribution in [1.82, 2.24) is 4.72 Å². The number of amides is 1. The molecular formula is C30H39ClN2O5S. The SMILES string of the molecule is CC[C@H]1CCCOC[C@@H]2CC[C@H]2CN2CCCCc3cc(Cl)ccc3COc3ccc(cc32)C(=O)NS1(=O)=O. The molecule has 39 heavy (non-hydrogen) atoms. The van der Waals surface area contributed by atoms with Crippen LogP contribution in [-0.4, -0.2) is 45.9 Å². The molecule has 1 aliphatic carbocycles. The van der Waals surface area contributed by atoms with Crippen LogP contribution in [0.1, 0.15) is 73.4 Å². The Balaban J connectivity index is 1.50. The minimum atomic E-state index is -3.82. The van der Waals surface area contributed by atoms with E-state index < -0.39 is 21.2 Å². The summed E-state index contributed by atoms with van der Waals surface area (Å²) in [5.41, 5.74) is 3.46. The maximum atomic E-state index is 13.2. The predicted molar refractivity (Wildman–Crippen MR) is 154 cm³/mol. The fraction of sp³-hybridized carbons (Fsp3) is 0.567. The maximum absolute atomic E-state index is 13.2. The number of rotatable bonds is 1. The van der Waals surface area contributed by atoms with E-state index >= 15 is 0 Å². The summed E-state index contributed by atoms with van der Waals surface area (Å²) in [5, 5.41) is 0.0898. The van der Waals surface area contributed by atoms with Crippen molar-refractivity contribution in [2.24, 2.45) is 11.8 Å². The number of halogens is 1. The van der Waals surface area contributed by atoms with Crippen LogP contribution in [0.2, 0.25) is 5.02 Å². The van der Waals surface area contributed by atoms with Crippen molar-refractivity contribution in [1.29, 1.82) is 0 Å². The van der Waals surface area contributed by atoms with Gasteiger partial charge in [-0.15, -0.1) is 0 Å². The van der Waals surface area contributed by atoms with Gasteiger partial charge in [-0.05, 0) is 105 Å². The fourth-order valence-electron chi connectivity index (χ4n) is 5.96. The highest BCUT2D eigenvalue weighted by atomic mass is 35.5.